The van der Waals surface area contributed by atoms with Crippen molar-refractivity contribution in [1.82, 2.24) is 5.43 Å². The molecule has 0 aliphatic carbocycles. The number of carbonyl (C=O) groups excluding carboxylic acids is 1. The fourth-order valence-corrected chi connectivity index (χ4v) is 1.94. The summed E-state index contributed by atoms with van der Waals surface area (Å²) in [6.07, 6.45) is 1.90. The minimum Gasteiger partial charge on any atom is -0.463 e. The van der Waals surface area contributed by atoms with Gasteiger partial charge in [0.1, 0.15) is 11.5 Å². The van der Waals surface area contributed by atoms with Crippen LogP contribution < -0.4 is 5.43 Å². The van der Waals surface area contributed by atoms with Crippen molar-refractivity contribution < 1.29 is 9.21 Å². The van der Waals surface area contributed by atoms with Crippen molar-refractivity contribution in [3.8, 4) is 0 Å². The molecule has 1 N–H and O–H groups in total. The predicted octanol–water partition coefficient (Wildman–Crippen LogP) is 2.98. The smallest absolute Gasteiger partial charge is 0.244 e. The summed E-state index contributed by atoms with van der Waals surface area (Å²) >= 11 is 0. The van der Waals surface area contributed by atoms with Gasteiger partial charge in [-0.2, -0.15) is 5.10 Å². The zero-order chi connectivity index (χ0) is 14.5. The number of carbonyl (C=O) groups is 1. The molecule has 1 heterocycles. The average Bonchev–Trinajstić information content (AvgIpc) is 2.93. The lowest BCUT2D eigenvalue weighted by Gasteiger charge is -2.06. The van der Waals surface area contributed by atoms with Crippen LogP contribution in [0.4, 0.5) is 0 Å². The lowest BCUT2D eigenvalue weighted by molar-refractivity contribution is -0.120. The van der Waals surface area contributed by atoms with Crippen LogP contribution in [0.1, 0.15) is 29.4 Å². The van der Waals surface area contributed by atoms with Crippen molar-refractivity contribution in [2.75, 3.05) is 0 Å². The maximum atomic E-state index is 11.9. The molecule has 0 saturated heterocycles. The molecule has 0 radical (unpaired) electrons. The van der Waals surface area contributed by atoms with Gasteiger partial charge in [0.15, 0.2) is 0 Å². The van der Waals surface area contributed by atoms with Crippen LogP contribution in [0.3, 0.4) is 0 Å². The molecule has 0 fully saturated rings. The maximum absolute atomic E-state index is 11.9. The second kappa shape index (κ2) is 6.19. The van der Waals surface area contributed by atoms with E-state index in [1.165, 1.54) is 5.56 Å². The van der Waals surface area contributed by atoms with E-state index in [1.807, 2.05) is 26.0 Å². The number of nitrogens with zero attached hydrogens (tertiary/aromatic N) is 1. The Morgan fingerprint density at radius 2 is 2.10 bits per heavy atom. The third-order valence-corrected chi connectivity index (χ3v) is 3.08. The van der Waals surface area contributed by atoms with Gasteiger partial charge < -0.3 is 4.42 Å². The molecule has 0 atom stereocenters. The minimum atomic E-state index is -0.136. The Bertz CT molecular complexity index is 628. The summed E-state index contributed by atoms with van der Waals surface area (Å²) in [6, 6.07) is 9.64. The molecular formula is C16H18N2O2. The predicted molar refractivity (Wildman–Crippen MR) is 78.7 cm³/mol. The highest BCUT2D eigenvalue weighted by atomic mass is 16.3. The van der Waals surface area contributed by atoms with Crippen molar-refractivity contribution in [1.29, 1.82) is 0 Å². The van der Waals surface area contributed by atoms with Gasteiger partial charge in [0, 0.05) is 0 Å². The van der Waals surface area contributed by atoms with Gasteiger partial charge in [-0.25, -0.2) is 5.43 Å². The standard InChI is InChI=1S/C16H18N2O2/c1-11-6-7-14(12(2)9-11)10-16(19)18-17-13(3)15-5-4-8-20-15/h4-9H,10H2,1-3H3,(H,18,19)/b17-13-. The summed E-state index contributed by atoms with van der Waals surface area (Å²) in [7, 11) is 0. The number of hydrogen-bond acceptors (Lipinski definition) is 3. The van der Waals surface area contributed by atoms with E-state index in [4.69, 9.17) is 4.42 Å². The third-order valence-electron chi connectivity index (χ3n) is 3.08. The van der Waals surface area contributed by atoms with E-state index in [0.29, 0.717) is 17.9 Å². The Morgan fingerprint density at radius 3 is 2.75 bits per heavy atom. The van der Waals surface area contributed by atoms with Crippen molar-refractivity contribution in [2.45, 2.75) is 27.2 Å². The van der Waals surface area contributed by atoms with Gasteiger partial charge in [-0.3, -0.25) is 4.79 Å². The van der Waals surface area contributed by atoms with E-state index in [-0.39, 0.29) is 5.91 Å². The fraction of sp³-hybridized carbons (Fsp3) is 0.250. The number of nitrogens with one attached hydrogen (secondary N) is 1. The zero-order valence-corrected chi connectivity index (χ0v) is 11.9. The number of hydrazone groups is 1. The summed E-state index contributed by atoms with van der Waals surface area (Å²) in [5, 5.41) is 4.03. The number of furan rings is 1. The molecule has 2 aromatic rings. The first-order valence-corrected chi connectivity index (χ1v) is 6.49. The van der Waals surface area contributed by atoms with E-state index in [1.54, 1.807) is 25.3 Å². The quantitative estimate of drug-likeness (QED) is 0.686. The molecule has 1 amide bonds. The van der Waals surface area contributed by atoms with Crippen LogP contribution in [0.15, 0.2) is 46.1 Å². The van der Waals surface area contributed by atoms with Crippen LogP contribution in [-0.4, -0.2) is 11.6 Å². The first kappa shape index (κ1) is 14.1. The molecule has 4 nitrogen and oxygen atoms in total. The maximum Gasteiger partial charge on any atom is 0.244 e. The molecule has 4 heteroatoms. The van der Waals surface area contributed by atoms with Crippen molar-refractivity contribution >= 4 is 11.6 Å². The summed E-state index contributed by atoms with van der Waals surface area (Å²) in [4.78, 5) is 11.9. The topological polar surface area (TPSA) is 54.6 Å². The van der Waals surface area contributed by atoms with Gasteiger partial charge in [-0.1, -0.05) is 23.8 Å². The number of rotatable bonds is 4. The normalized spacial score (nSPS) is 11.4. The number of amides is 1. The summed E-state index contributed by atoms with van der Waals surface area (Å²) < 4.78 is 5.20. The Balaban J connectivity index is 1.97. The van der Waals surface area contributed by atoms with Gasteiger partial charge in [0.05, 0.1) is 12.7 Å². The van der Waals surface area contributed by atoms with Crippen LogP contribution in [0.5, 0.6) is 0 Å². The van der Waals surface area contributed by atoms with E-state index in [2.05, 4.69) is 16.6 Å². The van der Waals surface area contributed by atoms with E-state index in [9.17, 15) is 4.79 Å². The van der Waals surface area contributed by atoms with Crippen LogP contribution in [-0.2, 0) is 11.2 Å². The molecule has 0 aliphatic heterocycles. The third kappa shape index (κ3) is 3.57. The van der Waals surface area contributed by atoms with E-state index >= 15 is 0 Å². The van der Waals surface area contributed by atoms with Gasteiger partial charge in [-0.05, 0) is 44.0 Å². The van der Waals surface area contributed by atoms with Crippen LogP contribution in [0, 0.1) is 13.8 Å². The summed E-state index contributed by atoms with van der Waals surface area (Å²) in [6.45, 7) is 5.83. The number of benzene rings is 1. The zero-order valence-electron chi connectivity index (χ0n) is 11.9. The molecule has 0 saturated carbocycles. The van der Waals surface area contributed by atoms with Gasteiger partial charge >= 0.3 is 0 Å². The van der Waals surface area contributed by atoms with Crippen molar-refractivity contribution in [2.24, 2.45) is 5.10 Å². The highest BCUT2D eigenvalue weighted by molar-refractivity contribution is 5.96. The Labute approximate surface area is 118 Å². The first-order chi connectivity index (χ1) is 9.56. The molecule has 0 aliphatic rings. The lowest BCUT2D eigenvalue weighted by Crippen LogP contribution is -2.21. The molecule has 1 aromatic heterocycles. The van der Waals surface area contributed by atoms with Crippen LogP contribution in [0.25, 0.3) is 0 Å². The first-order valence-electron chi connectivity index (χ1n) is 6.49. The SMILES string of the molecule is C/C(=N/NC(=O)Cc1ccc(C)cc1C)c1ccco1. The van der Waals surface area contributed by atoms with Gasteiger partial charge in [-0.15, -0.1) is 0 Å². The Morgan fingerprint density at radius 1 is 1.30 bits per heavy atom. The van der Waals surface area contributed by atoms with Crippen LogP contribution >= 0.6 is 0 Å². The molecule has 104 valence electrons. The van der Waals surface area contributed by atoms with E-state index < -0.39 is 0 Å². The highest BCUT2D eigenvalue weighted by Crippen LogP contribution is 2.11. The molecular weight excluding hydrogens is 252 g/mol. The molecule has 1 aromatic carbocycles. The molecule has 0 spiro atoms. The van der Waals surface area contributed by atoms with Gasteiger partial charge in [0.2, 0.25) is 5.91 Å². The van der Waals surface area contributed by atoms with Crippen LogP contribution in [0.2, 0.25) is 0 Å². The van der Waals surface area contributed by atoms with Gasteiger partial charge in [0.25, 0.3) is 0 Å². The largest absolute Gasteiger partial charge is 0.463 e. The van der Waals surface area contributed by atoms with E-state index in [0.717, 1.165) is 11.1 Å². The highest BCUT2D eigenvalue weighted by Gasteiger charge is 2.06. The average molecular weight is 270 g/mol. The molecule has 0 bridgehead atoms. The molecule has 2 rings (SSSR count). The monoisotopic (exact) mass is 270 g/mol. The Hall–Kier alpha value is -2.36. The Kier molecular flexibility index (Phi) is 4.35. The minimum absolute atomic E-state index is 0.136. The molecule has 0 unspecified atom stereocenters. The summed E-state index contributed by atoms with van der Waals surface area (Å²) in [5.41, 5.74) is 6.52. The van der Waals surface area contributed by atoms with Crippen molar-refractivity contribution in [3.63, 3.8) is 0 Å². The second-order valence-electron chi connectivity index (χ2n) is 4.82. The number of aryl methyl sites for hydroxylation is 2. The summed E-state index contributed by atoms with van der Waals surface area (Å²) in [5.74, 6) is 0.514. The molecule has 20 heavy (non-hydrogen) atoms. The number of hydrogen-bond donors (Lipinski definition) is 1. The van der Waals surface area contributed by atoms with Crippen molar-refractivity contribution in [3.05, 3.63) is 59.0 Å². The second-order valence-corrected chi connectivity index (χ2v) is 4.82. The fourth-order valence-electron chi connectivity index (χ4n) is 1.94. The lowest BCUT2D eigenvalue weighted by atomic mass is 10.0.